The van der Waals surface area contributed by atoms with Crippen molar-refractivity contribution in [1.29, 1.82) is 0 Å². The third-order valence-electron chi connectivity index (χ3n) is 3.14. The molecule has 0 aromatic carbocycles. The summed E-state index contributed by atoms with van der Waals surface area (Å²) in [7, 11) is 2.09. The molecule has 0 aliphatic heterocycles. The zero-order valence-corrected chi connectivity index (χ0v) is 9.98. The maximum Gasteiger partial charge on any atom is 0.233 e. The minimum atomic E-state index is -0.0928. The Kier molecular flexibility index (Phi) is 5.73. The second kappa shape index (κ2) is 6.83. The van der Waals surface area contributed by atoms with Gasteiger partial charge in [-0.1, -0.05) is 0 Å². The van der Waals surface area contributed by atoms with Crippen LogP contribution >= 0.6 is 0 Å². The Labute approximate surface area is 97.0 Å². The number of carbonyl (C=O) groups is 1. The van der Waals surface area contributed by atoms with Gasteiger partial charge in [0, 0.05) is 13.0 Å². The van der Waals surface area contributed by atoms with Crippen LogP contribution < -0.4 is 11.3 Å². The first kappa shape index (κ1) is 13.4. The zero-order valence-electron chi connectivity index (χ0n) is 9.98. The average Bonchev–Trinajstić information content (AvgIpc) is 2.22. The molecule has 0 unspecified atom stereocenters. The van der Waals surface area contributed by atoms with Crippen molar-refractivity contribution in [3.05, 3.63) is 0 Å². The Morgan fingerprint density at radius 1 is 1.50 bits per heavy atom. The molecule has 16 heavy (non-hydrogen) atoms. The van der Waals surface area contributed by atoms with Gasteiger partial charge < -0.3 is 10.0 Å². The molecule has 1 aliphatic carbocycles. The van der Waals surface area contributed by atoms with E-state index in [4.69, 9.17) is 10.9 Å². The first-order valence-corrected chi connectivity index (χ1v) is 5.98. The second-order valence-electron chi connectivity index (χ2n) is 4.78. The first-order chi connectivity index (χ1) is 7.61. The van der Waals surface area contributed by atoms with E-state index >= 15 is 0 Å². The number of hydrogen-bond acceptors (Lipinski definition) is 4. The van der Waals surface area contributed by atoms with Crippen molar-refractivity contribution in [2.75, 3.05) is 20.1 Å². The summed E-state index contributed by atoms with van der Waals surface area (Å²) in [5.74, 6) is 5.55. The van der Waals surface area contributed by atoms with Crippen LogP contribution in [0.25, 0.3) is 0 Å². The molecule has 0 bridgehead atoms. The van der Waals surface area contributed by atoms with Crippen LogP contribution in [0.15, 0.2) is 0 Å². The van der Waals surface area contributed by atoms with E-state index < -0.39 is 0 Å². The third-order valence-corrected chi connectivity index (χ3v) is 3.14. The number of nitrogens with zero attached hydrogens (tertiary/aromatic N) is 1. The van der Waals surface area contributed by atoms with Crippen LogP contribution in [0.1, 0.15) is 32.1 Å². The average molecular weight is 229 g/mol. The topological polar surface area (TPSA) is 78.6 Å². The summed E-state index contributed by atoms with van der Waals surface area (Å²) in [5.41, 5.74) is 2.13. The number of nitrogens with one attached hydrogen (secondary N) is 1. The van der Waals surface area contributed by atoms with E-state index in [1.807, 2.05) is 0 Å². The fourth-order valence-corrected chi connectivity index (χ4v) is 2.12. The van der Waals surface area contributed by atoms with Crippen LogP contribution in [0, 0.1) is 5.92 Å². The molecule has 0 radical (unpaired) electrons. The van der Waals surface area contributed by atoms with Crippen molar-refractivity contribution >= 4 is 5.91 Å². The molecule has 0 aromatic heterocycles. The second-order valence-corrected chi connectivity index (χ2v) is 4.78. The van der Waals surface area contributed by atoms with Gasteiger partial charge in [-0.3, -0.25) is 10.2 Å². The van der Waals surface area contributed by atoms with Crippen LogP contribution in [0.5, 0.6) is 0 Å². The van der Waals surface area contributed by atoms with Crippen LogP contribution in [0.2, 0.25) is 0 Å². The van der Waals surface area contributed by atoms with Crippen molar-refractivity contribution in [3.8, 4) is 0 Å². The minimum absolute atomic E-state index is 0.0633. The summed E-state index contributed by atoms with van der Waals surface area (Å²) >= 11 is 0. The minimum Gasteiger partial charge on any atom is -0.393 e. The number of amides is 1. The number of rotatable bonds is 7. The molecule has 1 amide bonds. The summed E-state index contributed by atoms with van der Waals surface area (Å²) in [6, 6.07) is 0. The van der Waals surface area contributed by atoms with Gasteiger partial charge in [0.15, 0.2) is 0 Å². The highest BCUT2D eigenvalue weighted by Gasteiger charge is 2.27. The molecule has 1 aliphatic rings. The van der Waals surface area contributed by atoms with Crippen molar-refractivity contribution < 1.29 is 9.90 Å². The van der Waals surface area contributed by atoms with Gasteiger partial charge in [0.2, 0.25) is 5.91 Å². The molecule has 0 atom stereocenters. The van der Waals surface area contributed by atoms with Crippen LogP contribution in [0.4, 0.5) is 0 Å². The van der Waals surface area contributed by atoms with Crippen molar-refractivity contribution in [2.45, 2.75) is 38.2 Å². The molecule has 0 aromatic rings. The first-order valence-electron chi connectivity index (χ1n) is 5.98. The van der Waals surface area contributed by atoms with Crippen molar-refractivity contribution in [3.63, 3.8) is 0 Å². The molecule has 4 N–H and O–H groups in total. The lowest BCUT2D eigenvalue weighted by molar-refractivity contribution is -0.121. The van der Waals surface area contributed by atoms with Gasteiger partial charge in [0.25, 0.3) is 0 Å². The molecule has 1 saturated carbocycles. The summed E-state index contributed by atoms with van der Waals surface area (Å²) in [5, 5.41) is 9.16. The van der Waals surface area contributed by atoms with E-state index in [-0.39, 0.29) is 12.0 Å². The standard InChI is InChI=1S/C11H23N3O2/c1-14(8-9-6-10(15)7-9)5-3-2-4-11(16)13-12/h9-10,15H,2-8,12H2,1H3,(H,13,16). The molecule has 5 heteroatoms. The van der Waals surface area contributed by atoms with E-state index in [1.165, 1.54) is 0 Å². The van der Waals surface area contributed by atoms with Crippen LogP contribution in [0.3, 0.4) is 0 Å². The number of hydrogen-bond donors (Lipinski definition) is 3. The maximum atomic E-state index is 10.8. The predicted molar refractivity (Wildman–Crippen MR) is 62.4 cm³/mol. The lowest BCUT2D eigenvalue weighted by Crippen LogP contribution is -2.37. The third kappa shape index (κ3) is 4.92. The lowest BCUT2D eigenvalue weighted by Gasteiger charge is -2.34. The SMILES string of the molecule is CN(CCCCC(=O)NN)CC1CC(O)C1. The predicted octanol–water partition coefficient (Wildman–Crippen LogP) is -0.151. The molecule has 1 fully saturated rings. The number of hydrazine groups is 1. The summed E-state index contributed by atoms with van der Waals surface area (Å²) in [6.07, 6.45) is 4.22. The largest absolute Gasteiger partial charge is 0.393 e. The Morgan fingerprint density at radius 3 is 2.75 bits per heavy atom. The molecular weight excluding hydrogens is 206 g/mol. The fraction of sp³-hybridized carbons (Fsp3) is 0.909. The quantitative estimate of drug-likeness (QED) is 0.245. The lowest BCUT2D eigenvalue weighted by atomic mass is 9.82. The smallest absolute Gasteiger partial charge is 0.233 e. The highest BCUT2D eigenvalue weighted by molar-refractivity contribution is 5.75. The van der Waals surface area contributed by atoms with Gasteiger partial charge in [-0.05, 0) is 45.2 Å². The van der Waals surface area contributed by atoms with Crippen LogP contribution in [-0.2, 0) is 4.79 Å². The van der Waals surface area contributed by atoms with Gasteiger partial charge in [-0.2, -0.15) is 0 Å². The zero-order chi connectivity index (χ0) is 12.0. The Hall–Kier alpha value is -0.650. The number of aliphatic hydroxyl groups excluding tert-OH is 1. The molecule has 1 rings (SSSR count). The molecular formula is C11H23N3O2. The van der Waals surface area contributed by atoms with E-state index in [9.17, 15) is 4.79 Å². The van der Waals surface area contributed by atoms with Crippen molar-refractivity contribution in [1.82, 2.24) is 10.3 Å². The molecule has 94 valence electrons. The van der Waals surface area contributed by atoms with E-state index in [0.29, 0.717) is 12.3 Å². The normalized spacial score (nSPS) is 24.2. The molecule has 0 heterocycles. The molecule has 0 saturated heterocycles. The van der Waals surface area contributed by atoms with E-state index in [1.54, 1.807) is 0 Å². The Balaban J connectivity index is 1.94. The summed E-state index contributed by atoms with van der Waals surface area (Å²) in [4.78, 5) is 13.1. The number of nitrogens with two attached hydrogens (primary N) is 1. The summed E-state index contributed by atoms with van der Waals surface area (Å²) < 4.78 is 0. The highest BCUT2D eigenvalue weighted by Crippen LogP contribution is 2.27. The monoisotopic (exact) mass is 229 g/mol. The van der Waals surface area contributed by atoms with Crippen molar-refractivity contribution in [2.24, 2.45) is 11.8 Å². The fourth-order valence-electron chi connectivity index (χ4n) is 2.12. The van der Waals surface area contributed by atoms with Gasteiger partial charge in [-0.25, -0.2) is 5.84 Å². The Bertz CT molecular complexity index is 217. The maximum absolute atomic E-state index is 10.8. The van der Waals surface area contributed by atoms with Gasteiger partial charge in [0.1, 0.15) is 0 Å². The Morgan fingerprint density at radius 2 is 2.19 bits per heavy atom. The highest BCUT2D eigenvalue weighted by atomic mass is 16.3. The number of unbranched alkanes of at least 4 members (excludes halogenated alkanes) is 1. The van der Waals surface area contributed by atoms with E-state index in [0.717, 1.165) is 38.8 Å². The van der Waals surface area contributed by atoms with E-state index in [2.05, 4.69) is 17.4 Å². The van der Waals surface area contributed by atoms with Gasteiger partial charge in [-0.15, -0.1) is 0 Å². The number of aliphatic hydroxyl groups is 1. The van der Waals surface area contributed by atoms with Gasteiger partial charge >= 0.3 is 0 Å². The molecule has 0 spiro atoms. The number of carbonyl (C=O) groups excluding carboxylic acids is 1. The van der Waals surface area contributed by atoms with Crippen LogP contribution in [-0.4, -0.2) is 42.2 Å². The molecule has 5 nitrogen and oxygen atoms in total. The van der Waals surface area contributed by atoms with Gasteiger partial charge in [0.05, 0.1) is 6.10 Å². The summed E-state index contributed by atoms with van der Waals surface area (Å²) in [6.45, 7) is 2.06.